The van der Waals surface area contributed by atoms with E-state index < -0.39 is 11.9 Å². The largest absolute Gasteiger partial charge is 0.472 e. The van der Waals surface area contributed by atoms with Crippen LogP contribution in [0, 0.1) is 0 Å². The van der Waals surface area contributed by atoms with Crippen LogP contribution in [-0.4, -0.2) is 19.5 Å². The number of nitrogens with zero attached hydrogens (tertiary/aromatic N) is 4. The van der Waals surface area contributed by atoms with Gasteiger partial charge in [0.25, 0.3) is 0 Å². The van der Waals surface area contributed by atoms with Gasteiger partial charge in [-0.3, -0.25) is 0 Å². The van der Waals surface area contributed by atoms with Gasteiger partial charge in [-0.15, -0.1) is 0 Å². The first kappa shape index (κ1) is 25.9. The summed E-state index contributed by atoms with van der Waals surface area (Å²) in [5, 5.41) is 0. The highest BCUT2D eigenvalue weighted by atomic mass is 19.4. The van der Waals surface area contributed by atoms with Crippen molar-refractivity contribution in [3.05, 3.63) is 82.8 Å². The Morgan fingerprint density at radius 1 is 0.921 bits per heavy atom. The van der Waals surface area contributed by atoms with E-state index in [0.717, 1.165) is 47.8 Å². The minimum Gasteiger partial charge on any atom is -0.472 e. The SMILES string of the molecule is CC(C)c1ccccc1-c1nc2c(c(OCc3ccc(-c4nc(C(F)(F)F)cn4C(C)C)cc3)n1)CCC2. The average molecular weight is 521 g/mol. The molecule has 0 N–H and O–H groups in total. The van der Waals surface area contributed by atoms with Gasteiger partial charge in [0.15, 0.2) is 11.5 Å². The van der Waals surface area contributed by atoms with E-state index in [1.54, 1.807) is 16.7 Å². The fraction of sp³-hybridized carbons (Fsp3) is 0.367. The lowest BCUT2D eigenvalue weighted by molar-refractivity contribution is -0.140. The molecule has 5 rings (SSSR count). The Kier molecular flexibility index (Phi) is 6.99. The highest BCUT2D eigenvalue weighted by Crippen LogP contribution is 2.35. The Balaban J connectivity index is 1.40. The van der Waals surface area contributed by atoms with Crippen molar-refractivity contribution in [1.29, 1.82) is 0 Å². The number of fused-ring (bicyclic) bond motifs is 1. The van der Waals surface area contributed by atoms with Crippen molar-refractivity contribution in [3.8, 4) is 28.7 Å². The van der Waals surface area contributed by atoms with Gasteiger partial charge < -0.3 is 9.30 Å². The summed E-state index contributed by atoms with van der Waals surface area (Å²) in [6.45, 7) is 8.28. The summed E-state index contributed by atoms with van der Waals surface area (Å²) in [5.74, 6) is 1.92. The zero-order chi connectivity index (χ0) is 27.0. The second-order valence-corrected chi connectivity index (χ2v) is 10.3. The number of benzene rings is 2. The van der Waals surface area contributed by atoms with E-state index in [4.69, 9.17) is 14.7 Å². The maximum Gasteiger partial charge on any atom is 0.434 e. The van der Waals surface area contributed by atoms with Crippen LogP contribution >= 0.6 is 0 Å². The second kappa shape index (κ2) is 10.2. The molecule has 0 amide bonds. The molecule has 8 heteroatoms. The maximum atomic E-state index is 13.3. The number of ether oxygens (including phenoxy) is 1. The normalized spacial score (nSPS) is 13.4. The lowest BCUT2D eigenvalue weighted by Crippen LogP contribution is -2.06. The zero-order valence-corrected chi connectivity index (χ0v) is 22.0. The van der Waals surface area contributed by atoms with Crippen LogP contribution in [0.5, 0.6) is 5.88 Å². The second-order valence-electron chi connectivity index (χ2n) is 10.3. The van der Waals surface area contributed by atoms with Gasteiger partial charge in [-0.2, -0.15) is 18.2 Å². The van der Waals surface area contributed by atoms with Gasteiger partial charge in [-0.1, -0.05) is 62.4 Å². The predicted octanol–water partition coefficient (Wildman–Crippen LogP) is 7.80. The first-order valence-electron chi connectivity index (χ1n) is 13.0. The highest BCUT2D eigenvalue weighted by molar-refractivity contribution is 5.62. The number of hydrogen-bond acceptors (Lipinski definition) is 4. The molecule has 0 bridgehead atoms. The molecule has 1 aliphatic rings. The molecule has 38 heavy (non-hydrogen) atoms. The summed E-state index contributed by atoms with van der Waals surface area (Å²) < 4.78 is 47.6. The highest BCUT2D eigenvalue weighted by Gasteiger charge is 2.35. The van der Waals surface area contributed by atoms with Crippen LogP contribution in [0.2, 0.25) is 0 Å². The van der Waals surface area contributed by atoms with Gasteiger partial charge in [-0.05, 0) is 50.2 Å². The van der Waals surface area contributed by atoms with E-state index >= 15 is 0 Å². The molecule has 0 fully saturated rings. The number of halogens is 3. The first-order valence-corrected chi connectivity index (χ1v) is 13.0. The van der Waals surface area contributed by atoms with Gasteiger partial charge in [0.05, 0.1) is 5.69 Å². The van der Waals surface area contributed by atoms with Crippen LogP contribution in [0.25, 0.3) is 22.8 Å². The quantitative estimate of drug-likeness (QED) is 0.250. The van der Waals surface area contributed by atoms with Gasteiger partial charge in [-0.25, -0.2) is 9.97 Å². The summed E-state index contributed by atoms with van der Waals surface area (Å²) in [5.41, 5.74) is 4.94. The van der Waals surface area contributed by atoms with E-state index in [0.29, 0.717) is 35.6 Å². The van der Waals surface area contributed by atoms with E-state index in [2.05, 4.69) is 31.0 Å². The summed E-state index contributed by atoms with van der Waals surface area (Å²) in [6, 6.07) is 15.3. The Morgan fingerprint density at radius 3 is 2.34 bits per heavy atom. The number of rotatable bonds is 7. The third-order valence-electron chi connectivity index (χ3n) is 6.89. The van der Waals surface area contributed by atoms with Gasteiger partial charge in [0.1, 0.15) is 12.4 Å². The molecule has 0 unspecified atom stereocenters. The van der Waals surface area contributed by atoms with Crippen LogP contribution in [-0.2, 0) is 25.6 Å². The molecule has 0 saturated heterocycles. The third-order valence-corrected chi connectivity index (χ3v) is 6.89. The molecular weight excluding hydrogens is 489 g/mol. The number of imidazole rings is 1. The van der Waals surface area contributed by atoms with Crippen LogP contribution in [0.3, 0.4) is 0 Å². The summed E-state index contributed by atoms with van der Waals surface area (Å²) in [6.07, 6.45) is -0.610. The Hall–Kier alpha value is -3.68. The number of aromatic nitrogens is 4. The predicted molar refractivity (Wildman–Crippen MR) is 141 cm³/mol. The van der Waals surface area contributed by atoms with Crippen LogP contribution in [0.15, 0.2) is 54.7 Å². The Bertz CT molecular complexity index is 1440. The van der Waals surface area contributed by atoms with Gasteiger partial charge in [0.2, 0.25) is 5.88 Å². The van der Waals surface area contributed by atoms with Crippen LogP contribution in [0.4, 0.5) is 13.2 Å². The average Bonchev–Trinajstić information content (AvgIpc) is 3.55. The van der Waals surface area contributed by atoms with E-state index in [1.807, 2.05) is 38.1 Å². The van der Waals surface area contributed by atoms with E-state index in [1.165, 1.54) is 5.56 Å². The molecule has 4 aromatic rings. The van der Waals surface area contributed by atoms with Gasteiger partial charge in [0, 0.05) is 28.9 Å². The molecule has 5 nitrogen and oxygen atoms in total. The minimum atomic E-state index is -4.49. The van der Waals surface area contributed by atoms with Crippen molar-refractivity contribution in [2.75, 3.05) is 0 Å². The van der Waals surface area contributed by atoms with Gasteiger partial charge >= 0.3 is 6.18 Å². The van der Waals surface area contributed by atoms with Crippen molar-refractivity contribution in [2.45, 2.75) is 71.7 Å². The maximum absolute atomic E-state index is 13.3. The molecule has 198 valence electrons. The number of alkyl halides is 3. The smallest absolute Gasteiger partial charge is 0.434 e. The van der Waals surface area contributed by atoms with Crippen molar-refractivity contribution in [2.24, 2.45) is 0 Å². The fourth-order valence-electron chi connectivity index (χ4n) is 4.88. The lowest BCUT2D eigenvalue weighted by atomic mass is 9.97. The van der Waals surface area contributed by atoms with E-state index in [-0.39, 0.29) is 6.04 Å². The summed E-state index contributed by atoms with van der Waals surface area (Å²) >= 11 is 0. The zero-order valence-electron chi connectivity index (χ0n) is 22.0. The number of hydrogen-bond donors (Lipinski definition) is 0. The molecular formula is C30H31F3N4O. The van der Waals surface area contributed by atoms with Crippen molar-refractivity contribution < 1.29 is 17.9 Å². The van der Waals surface area contributed by atoms with Crippen LogP contribution in [0.1, 0.15) is 74.2 Å². The molecule has 0 atom stereocenters. The molecule has 0 aliphatic heterocycles. The van der Waals surface area contributed by atoms with E-state index in [9.17, 15) is 13.2 Å². The third kappa shape index (κ3) is 5.17. The monoisotopic (exact) mass is 520 g/mol. The van der Waals surface area contributed by atoms with Crippen molar-refractivity contribution in [1.82, 2.24) is 19.5 Å². The summed E-state index contributed by atoms with van der Waals surface area (Å²) in [7, 11) is 0. The standard InChI is InChI=1S/C30H31F3N4O/c1-18(2)22-8-5-6-9-23(22)27-34-25-11-7-10-24(25)29(36-27)38-17-20-12-14-21(15-13-20)28-35-26(30(31,32)33)16-37(28)19(3)4/h5-6,8-9,12-16,18-19H,7,10-11,17H2,1-4H3. The Labute approximate surface area is 220 Å². The fourth-order valence-corrected chi connectivity index (χ4v) is 4.88. The molecule has 1 aliphatic carbocycles. The molecule has 2 aromatic heterocycles. The van der Waals surface area contributed by atoms with Crippen LogP contribution < -0.4 is 4.74 Å². The molecule has 0 saturated carbocycles. The first-order chi connectivity index (χ1) is 18.1. The topological polar surface area (TPSA) is 52.8 Å². The molecule has 2 aromatic carbocycles. The molecule has 0 radical (unpaired) electrons. The van der Waals surface area contributed by atoms with Crippen molar-refractivity contribution in [3.63, 3.8) is 0 Å². The van der Waals surface area contributed by atoms with Crippen molar-refractivity contribution >= 4 is 0 Å². The number of aryl methyl sites for hydroxylation is 1. The summed E-state index contributed by atoms with van der Waals surface area (Å²) in [4.78, 5) is 13.6. The minimum absolute atomic E-state index is 0.161. The molecule has 2 heterocycles. The lowest BCUT2D eigenvalue weighted by Gasteiger charge is -2.15. The Morgan fingerprint density at radius 2 is 1.66 bits per heavy atom. The molecule has 0 spiro atoms.